The van der Waals surface area contributed by atoms with E-state index in [0.717, 1.165) is 44.0 Å². The number of ether oxygens (including phenoxy) is 1. The molecule has 3 heterocycles. The molecular weight excluding hydrogens is 405 g/mol. The number of hydrogen-bond acceptors (Lipinski definition) is 6. The summed E-state index contributed by atoms with van der Waals surface area (Å²) in [4.78, 5) is 23.4. The maximum absolute atomic E-state index is 12.2. The van der Waals surface area contributed by atoms with Crippen LogP contribution in [0.25, 0.3) is 0 Å². The van der Waals surface area contributed by atoms with Gasteiger partial charge < -0.3 is 20.1 Å². The molecule has 1 amide bonds. The lowest BCUT2D eigenvalue weighted by Crippen LogP contribution is -2.43. The number of nitrogens with zero attached hydrogens (tertiary/aromatic N) is 3. The maximum atomic E-state index is 12.2. The number of halogens is 3. The largest absolute Gasteiger partial charge is 0.490 e. The first-order valence-corrected chi connectivity index (χ1v) is 9.92. The van der Waals surface area contributed by atoms with Crippen LogP contribution in [0.3, 0.4) is 0 Å². The predicted octanol–water partition coefficient (Wildman–Crippen LogP) is 1.93. The number of fused-ring (bicyclic) bond motifs is 1. The van der Waals surface area contributed by atoms with Crippen molar-refractivity contribution in [3.63, 3.8) is 0 Å². The monoisotopic (exact) mass is 430 g/mol. The first-order chi connectivity index (χ1) is 14.1. The summed E-state index contributed by atoms with van der Waals surface area (Å²) in [5.74, 6) is -0.584. The molecule has 1 aromatic rings. The van der Waals surface area contributed by atoms with Gasteiger partial charge in [0.25, 0.3) is 0 Å². The minimum atomic E-state index is -5.08. The van der Waals surface area contributed by atoms with Crippen molar-refractivity contribution in [1.82, 2.24) is 15.5 Å². The number of hydrogen-bond donors (Lipinski definition) is 2. The number of carbonyl (C=O) groups is 2. The zero-order chi connectivity index (χ0) is 21.9. The summed E-state index contributed by atoms with van der Waals surface area (Å²) in [6.07, 6.45) is -0.814. The smallest absolute Gasteiger partial charge is 0.475 e. The van der Waals surface area contributed by atoms with Crippen LogP contribution in [0, 0.1) is 18.8 Å². The number of nitrogens with one attached hydrogen (secondary N) is 1. The van der Waals surface area contributed by atoms with Crippen LogP contribution in [0.15, 0.2) is 12.1 Å². The number of carboxylic acids is 1. The van der Waals surface area contributed by atoms with Gasteiger partial charge in [-0.25, -0.2) is 4.79 Å². The summed E-state index contributed by atoms with van der Waals surface area (Å²) in [7, 11) is 0. The Hall–Kier alpha value is -2.43. The molecule has 3 aliphatic rings. The third-order valence-corrected chi connectivity index (χ3v) is 5.46. The molecule has 4 rings (SSSR count). The molecule has 0 aromatic carbocycles. The van der Waals surface area contributed by atoms with Crippen LogP contribution < -0.4 is 10.2 Å². The van der Waals surface area contributed by atoms with Gasteiger partial charge in [0.05, 0.1) is 11.8 Å². The normalized spacial score (nSPS) is 25.7. The molecule has 3 fully saturated rings. The zero-order valence-corrected chi connectivity index (χ0v) is 16.6. The van der Waals surface area contributed by atoms with Crippen LogP contribution in [0.4, 0.5) is 19.0 Å². The van der Waals surface area contributed by atoms with Gasteiger partial charge in [-0.15, -0.1) is 5.10 Å². The van der Waals surface area contributed by atoms with Crippen LogP contribution in [0.5, 0.6) is 0 Å². The van der Waals surface area contributed by atoms with E-state index in [-0.39, 0.29) is 18.1 Å². The third kappa shape index (κ3) is 6.04. The Bertz CT molecular complexity index is 755. The van der Waals surface area contributed by atoms with Crippen LogP contribution in [-0.4, -0.2) is 65.2 Å². The van der Waals surface area contributed by atoms with E-state index in [4.69, 9.17) is 14.6 Å². The summed E-state index contributed by atoms with van der Waals surface area (Å²) in [5.41, 5.74) is 0.924. The van der Waals surface area contributed by atoms with Crippen molar-refractivity contribution in [3.05, 3.63) is 17.8 Å². The van der Waals surface area contributed by atoms with Crippen LogP contribution in [-0.2, 0) is 14.3 Å². The van der Waals surface area contributed by atoms with Gasteiger partial charge in [-0.2, -0.15) is 18.3 Å². The van der Waals surface area contributed by atoms with Crippen molar-refractivity contribution in [3.8, 4) is 0 Å². The van der Waals surface area contributed by atoms with E-state index in [0.29, 0.717) is 11.8 Å². The van der Waals surface area contributed by atoms with Crippen molar-refractivity contribution in [2.45, 2.75) is 51.0 Å². The molecule has 0 radical (unpaired) electrons. The van der Waals surface area contributed by atoms with Gasteiger partial charge in [0.15, 0.2) is 5.82 Å². The molecule has 2 N–H and O–H groups in total. The Kier molecular flexibility index (Phi) is 6.79. The fourth-order valence-electron chi connectivity index (χ4n) is 3.55. The van der Waals surface area contributed by atoms with Crippen molar-refractivity contribution in [1.29, 1.82) is 0 Å². The van der Waals surface area contributed by atoms with Crippen LogP contribution >= 0.6 is 0 Å². The lowest BCUT2D eigenvalue weighted by molar-refractivity contribution is -0.192. The van der Waals surface area contributed by atoms with E-state index in [1.807, 2.05) is 19.1 Å². The molecule has 0 spiro atoms. The highest BCUT2D eigenvalue weighted by Gasteiger charge is 2.42. The van der Waals surface area contributed by atoms with Crippen molar-refractivity contribution >= 4 is 17.7 Å². The minimum Gasteiger partial charge on any atom is -0.475 e. The first kappa shape index (κ1) is 22.3. The van der Waals surface area contributed by atoms with E-state index in [1.165, 1.54) is 12.8 Å². The number of anilines is 1. The highest BCUT2D eigenvalue weighted by atomic mass is 19.4. The fourth-order valence-corrected chi connectivity index (χ4v) is 3.55. The quantitative estimate of drug-likeness (QED) is 0.752. The number of aromatic nitrogens is 2. The Morgan fingerprint density at radius 1 is 1.27 bits per heavy atom. The summed E-state index contributed by atoms with van der Waals surface area (Å²) < 4.78 is 37.8. The Morgan fingerprint density at radius 2 is 1.97 bits per heavy atom. The highest BCUT2D eigenvalue weighted by molar-refractivity contribution is 5.81. The number of amides is 1. The van der Waals surface area contributed by atoms with Crippen LogP contribution in [0.1, 0.15) is 31.4 Å². The second kappa shape index (κ2) is 9.15. The number of aryl methyl sites for hydroxylation is 1. The topological polar surface area (TPSA) is 105 Å². The molecule has 3 atom stereocenters. The molecule has 2 saturated heterocycles. The van der Waals surface area contributed by atoms with Gasteiger partial charge in [-0.05, 0) is 56.6 Å². The van der Waals surface area contributed by atoms with Gasteiger partial charge >= 0.3 is 12.1 Å². The first-order valence-electron chi connectivity index (χ1n) is 9.92. The van der Waals surface area contributed by atoms with Gasteiger partial charge in [0.2, 0.25) is 5.91 Å². The van der Waals surface area contributed by atoms with Crippen molar-refractivity contribution in [2.75, 3.05) is 24.5 Å². The lowest BCUT2D eigenvalue weighted by Gasteiger charge is -2.34. The minimum absolute atomic E-state index is 0.0768. The number of carboxylic acid groups (broad SMARTS) is 1. The molecule has 2 aliphatic heterocycles. The van der Waals surface area contributed by atoms with Crippen LogP contribution in [0.2, 0.25) is 0 Å². The number of carbonyl (C=O) groups excluding carboxylic acids is 1. The second-order valence-electron chi connectivity index (χ2n) is 7.92. The number of rotatable bonds is 4. The average Bonchev–Trinajstić information content (AvgIpc) is 3.42. The molecule has 1 aromatic heterocycles. The Balaban J connectivity index is 0.000000318. The molecule has 1 aliphatic carbocycles. The van der Waals surface area contributed by atoms with E-state index in [9.17, 15) is 18.0 Å². The lowest BCUT2D eigenvalue weighted by atomic mass is 9.91. The van der Waals surface area contributed by atoms with Crippen molar-refractivity contribution in [2.24, 2.45) is 11.8 Å². The molecule has 0 unspecified atom stereocenters. The SMILES string of the molecule is Cc1ccc(N2CC[C@H]3C[C@H](C(=O)NCC4CC4)O[C@@H]3C2)nn1.O=C(O)C(F)(F)F. The Labute approximate surface area is 171 Å². The number of piperidine rings is 1. The van der Waals surface area contributed by atoms with E-state index < -0.39 is 12.1 Å². The molecular formula is C19H25F3N4O4. The average molecular weight is 430 g/mol. The second-order valence-corrected chi connectivity index (χ2v) is 7.92. The van der Waals surface area contributed by atoms with E-state index in [2.05, 4.69) is 20.4 Å². The highest BCUT2D eigenvalue weighted by Crippen LogP contribution is 2.35. The van der Waals surface area contributed by atoms with Gasteiger partial charge in [-0.1, -0.05) is 0 Å². The van der Waals surface area contributed by atoms with Crippen molar-refractivity contribution < 1.29 is 32.6 Å². The molecule has 11 heteroatoms. The van der Waals surface area contributed by atoms with Gasteiger partial charge in [-0.3, -0.25) is 4.79 Å². The number of alkyl halides is 3. The zero-order valence-electron chi connectivity index (χ0n) is 16.6. The van der Waals surface area contributed by atoms with Gasteiger partial charge in [0.1, 0.15) is 6.10 Å². The number of aliphatic carboxylic acids is 1. The van der Waals surface area contributed by atoms with E-state index >= 15 is 0 Å². The fraction of sp³-hybridized carbons (Fsp3) is 0.684. The standard InChI is InChI=1S/C17H24N4O2.C2HF3O2/c1-11-2-5-16(20-19-11)21-7-6-13-8-14(23-15(13)10-21)17(22)18-9-12-3-4-12;3-2(4,5)1(6)7/h2,5,12-15H,3-4,6-10H2,1H3,(H,18,22);(H,6,7)/t13-,14+,15+;/m0./s1. The summed E-state index contributed by atoms with van der Waals surface area (Å²) in [6, 6.07) is 4.00. The molecule has 166 valence electrons. The summed E-state index contributed by atoms with van der Waals surface area (Å²) in [6.45, 7) is 4.51. The van der Waals surface area contributed by atoms with E-state index in [1.54, 1.807) is 0 Å². The molecule has 8 nitrogen and oxygen atoms in total. The molecule has 30 heavy (non-hydrogen) atoms. The van der Waals surface area contributed by atoms with Gasteiger partial charge in [0, 0.05) is 19.6 Å². The maximum Gasteiger partial charge on any atom is 0.490 e. The third-order valence-electron chi connectivity index (χ3n) is 5.46. The predicted molar refractivity (Wildman–Crippen MR) is 99.8 cm³/mol. The molecule has 0 bridgehead atoms. The Morgan fingerprint density at radius 3 is 2.53 bits per heavy atom. The molecule has 1 saturated carbocycles. The summed E-state index contributed by atoms with van der Waals surface area (Å²) in [5, 5.41) is 18.6. The summed E-state index contributed by atoms with van der Waals surface area (Å²) >= 11 is 0.